The highest BCUT2D eigenvalue weighted by Gasteiger charge is 2.17. The SMILES string of the molecule is CCN(Cc1ccncc1)Cc1ccc(OC)cc1OC[C@@H](O)CN1CCCC1. The fraction of sp³-hybridized carbons (Fsp3) is 0.522. The topological polar surface area (TPSA) is 58.1 Å². The molecule has 1 N–H and O–H groups in total. The monoisotopic (exact) mass is 399 g/mol. The van der Waals surface area contributed by atoms with Crippen LogP contribution in [0.3, 0.4) is 0 Å². The highest BCUT2D eigenvalue weighted by molar-refractivity contribution is 5.40. The molecule has 6 nitrogen and oxygen atoms in total. The van der Waals surface area contributed by atoms with Gasteiger partial charge >= 0.3 is 0 Å². The largest absolute Gasteiger partial charge is 0.497 e. The van der Waals surface area contributed by atoms with Crippen molar-refractivity contribution in [3.63, 3.8) is 0 Å². The molecule has 2 aromatic rings. The summed E-state index contributed by atoms with van der Waals surface area (Å²) < 4.78 is 11.4. The Morgan fingerprint density at radius 1 is 1.14 bits per heavy atom. The number of aliphatic hydroxyl groups is 1. The molecule has 3 rings (SSSR count). The van der Waals surface area contributed by atoms with Crippen molar-refractivity contribution in [3.8, 4) is 11.5 Å². The number of likely N-dealkylation sites (tertiary alicyclic amines) is 1. The molecule has 1 fully saturated rings. The first-order valence-corrected chi connectivity index (χ1v) is 10.5. The van der Waals surface area contributed by atoms with E-state index in [1.54, 1.807) is 7.11 Å². The van der Waals surface area contributed by atoms with Crippen LogP contribution in [0.2, 0.25) is 0 Å². The third kappa shape index (κ3) is 6.70. The van der Waals surface area contributed by atoms with E-state index in [4.69, 9.17) is 9.47 Å². The Labute approximate surface area is 174 Å². The molecule has 0 bridgehead atoms. The summed E-state index contributed by atoms with van der Waals surface area (Å²) >= 11 is 0. The molecule has 0 spiro atoms. The number of pyridine rings is 1. The molecular formula is C23H33N3O3. The number of β-amino-alcohol motifs (C(OH)–C–C–N with tert-alkyl or cyclic N) is 1. The van der Waals surface area contributed by atoms with Gasteiger partial charge in [0.2, 0.25) is 0 Å². The van der Waals surface area contributed by atoms with E-state index >= 15 is 0 Å². The van der Waals surface area contributed by atoms with Crippen LogP contribution in [0.4, 0.5) is 0 Å². The van der Waals surface area contributed by atoms with Gasteiger partial charge in [0.15, 0.2) is 0 Å². The predicted octanol–water partition coefficient (Wildman–Crippen LogP) is 2.95. The lowest BCUT2D eigenvalue weighted by Crippen LogP contribution is -2.33. The Hall–Kier alpha value is -2.15. The maximum atomic E-state index is 10.4. The summed E-state index contributed by atoms with van der Waals surface area (Å²) in [4.78, 5) is 8.75. The summed E-state index contributed by atoms with van der Waals surface area (Å²) in [5.41, 5.74) is 2.33. The van der Waals surface area contributed by atoms with E-state index in [0.29, 0.717) is 6.54 Å². The van der Waals surface area contributed by atoms with Gasteiger partial charge in [0.1, 0.15) is 24.2 Å². The van der Waals surface area contributed by atoms with Crippen LogP contribution < -0.4 is 9.47 Å². The molecule has 0 saturated carbocycles. The number of hydrogen-bond acceptors (Lipinski definition) is 6. The van der Waals surface area contributed by atoms with Gasteiger partial charge in [-0.15, -0.1) is 0 Å². The van der Waals surface area contributed by atoms with Crippen molar-refractivity contribution < 1.29 is 14.6 Å². The predicted molar refractivity (Wildman–Crippen MR) is 114 cm³/mol. The summed E-state index contributed by atoms with van der Waals surface area (Å²) in [5, 5.41) is 10.4. The van der Waals surface area contributed by atoms with Gasteiger partial charge in [0.25, 0.3) is 0 Å². The first-order valence-electron chi connectivity index (χ1n) is 10.5. The summed E-state index contributed by atoms with van der Waals surface area (Å²) in [6, 6.07) is 10.0. The zero-order valence-corrected chi connectivity index (χ0v) is 17.6. The quantitative estimate of drug-likeness (QED) is 0.627. The van der Waals surface area contributed by atoms with Gasteiger partial charge < -0.3 is 19.5 Å². The first-order chi connectivity index (χ1) is 14.2. The molecule has 1 aliphatic rings. The molecule has 158 valence electrons. The Kier molecular flexibility index (Phi) is 8.28. The van der Waals surface area contributed by atoms with Crippen molar-refractivity contribution in [2.75, 3.05) is 39.9 Å². The minimum Gasteiger partial charge on any atom is -0.497 e. The van der Waals surface area contributed by atoms with E-state index in [1.165, 1.54) is 18.4 Å². The highest BCUT2D eigenvalue weighted by atomic mass is 16.5. The van der Waals surface area contributed by atoms with Gasteiger partial charge in [-0.25, -0.2) is 0 Å². The van der Waals surface area contributed by atoms with Crippen molar-refractivity contribution in [2.45, 2.75) is 39.0 Å². The molecule has 1 aromatic carbocycles. The van der Waals surface area contributed by atoms with Gasteiger partial charge in [-0.05, 0) is 56.2 Å². The zero-order valence-electron chi connectivity index (χ0n) is 17.6. The second kappa shape index (κ2) is 11.1. The summed E-state index contributed by atoms with van der Waals surface area (Å²) in [6.07, 6.45) is 5.60. The number of aromatic nitrogens is 1. The van der Waals surface area contributed by atoms with Gasteiger partial charge in [-0.2, -0.15) is 0 Å². The summed E-state index contributed by atoms with van der Waals surface area (Å²) in [7, 11) is 1.66. The molecule has 1 saturated heterocycles. The number of rotatable bonds is 11. The number of aliphatic hydroxyl groups excluding tert-OH is 1. The maximum absolute atomic E-state index is 10.4. The number of hydrogen-bond donors (Lipinski definition) is 1. The van der Waals surface area contributed by atoms with Gasteiger partial charge in [0.05, 0.1) is 7.11 Å². The molecule has 29 heavy (non-hydrogen) atoms. The van der Waals surface area contributed by atoms with E-state index in [2.05, 4.69) is 27.8 Å². The first kappa shape index (κ1) is 21.6. The smallest absolute Gasteiger partial charge is 0.127 e. The lowest BCUT2D eigenvalue weighted by atomic mass is 10.1. The minimum absolute atomic E-state index is 0.285. The molecule has 0 radical (unpaired) electrons. The lowest BCUT2D eigenvalue weighted by molar-refractivity contribution is 0.0749. The van der Waals surface area contributed by atoms with Crippen LogP contribution in [-0.4, -0.2) is 65.9 Å². The number of nitrogens with zero attached hydrogens (tertiary/aromatic N) is 3. The average Bonchev–Trinajstić information content (AvgIpc) is 3.26. The summed E-state index contributed by atoms with van der Waals surface area (Å²) in [5.74, 6) is 1.54. The Morgan fingerprint density at radius 3 is 2.59 bits per heavy atom. The second-order valence-electron chi connectivity index (χ2n) is 7.60. The van der Waals surface area contributed by atoms with Crippen LogP contribution >= 0.6 is 0 Å². The van der Waals surface area contributed by atoms with Crippen molar-refractivity contribution in [1.29, 1.82) is 0 Å². The van der Waals surface area contributed by atoms with Gasteiger partial charge in [0, 0.05) is 43.7 Å². The number of benzene rings is 1. The third-order valence-corrected chi connectivity index (χ3v) is 5.37. The number of methoxy groups -OCH3 is 1. The van der Waals surface area contributed by atoms with Gasteiger partial charge in [-0.3, -0.25) is 9.88 Å². The zero-order chi connectivity index (χ0) is 20.5. The molecule has 1 aliphatic heterocycles. The lowest BCUT2D eigenvalue weighted by Gasteiger charge is -2.24. The van der Waals surface area contributed by atoms with Crippen LogP contribution in [0.1, 0.15) is 30.9 Å². The van der Waals surface area contributed by atoms with Crippen LogP contribution in [0.5, 0.6) is 11.5 Å². The second-order valence-corrected chi connectivity index (χ2v) is 7.60. The van der Waals surface area contributed by atoms with E-state index in [9.17, 15) is 5.11 Å². The Bertz CT molecular complexity index is 735. The van der Waals surface area contributed by atoms with Crippen molar-refractivity contribution in [2.24, 2.45) is 0 Å². The molecule has 2 heterocycles. The van der Waals surface area contributed by atoms with Crippen molar-refractivity contribution >= 4 is 0 Å². The molecule has 1 aromatic heterocycles. The number of ether oxygens (including phenoxy) is 2. The van der Waals surface area contributed by atoms with Crippen LogP contribution in [0.15, 0.2) is 42.7 Å². The average molecular weight is 400 g/mol. The van der Waals surface area contributed by atoms with E-state index in [1.807, 2.05) is 36.7 Å². The van der Waals surface area contributed by atoms with Crippen molar-refractivity contribution in [3.05, 3.63) is 53.9 Å². The van der Waals surface area contributed by atoms with E-state index < -0.39 is 6.10 Å². The van der Waals surface area contributed by atoms with Crippen LogP contribution in [0.25, 0.3) is 0 Å². The molecule has 0 aliphatic carbocycles. The molecule has 6 heteroatoms. The van der Waals surface area contributed by atoms with E-state index in [0.717, 1.165) is 49.8 Å². The minimum atomic E-state index is -0.494. The Balaban J connectivity index is 1.63. The molecule has 0 amide bonds. The fourth-order valence-electron chi connectivity index (χ4n) is 3.70. The standard InChI is InChI=1S/C23H33N3O3/c1-3-25(15-19-8-10-24-11-9-19)16-20-6-7-22(28-2)14-23(20)29-18-21(27)17-26-12-4-5-13-26/h6-11,14,21,27H,3-5,12-13,15-18H2,1-2H3/t21-/m0/s1. The van der Waals surface area contributed by atoms with Gasteiger partial charge in [-0.1, -0.05) is 13.0 Å². The highest BCUT2D eigenvalue weighted by Crippen LogP contribution is 2.27. The van der Waals surface area contributed by atoms with Crippen molar-refractivity contribution in [1.82, 2.24) is 14.8 Å². The Morgan fingerprint density at radius 2 is 1.90 bits per heavy atom. The molecule has 0 unspecified atom stereocenters. The van der Waals surface area contributed by atoms with Crippen LogP contribution in [0, 0.1) is 0 Å². The van der Waals surface area contributed by atoms with Crippen LogP contribution in [-0.2, 0) is 13.1 Å². The molecule has 1 atom stereocenters. The summed E-state index contributed by atoms with van der Waals surface area (Å²) in [6.45, 7) is 7.79. The molecular weight excluding hydrogens is 366 g/mol. The third-order valence-electron chi connectivity index (χ3n) is 5.37. The van der Waals surface area contributed by atoms with E-state index in [-0.39, 0.29) is 6.61 Å². The fourth-order valence-corrected chi connectivity index (χ4v) is 3.70. The maximum Gasteiger partial charge on any atom is 0.127 e. The normalized spacial score (nSPS) is 15.6.